The summed E-state index contributed by atoms with van der Waals surface area (Å²) in [6.45, 7) is 2.35. The van der Waals surface area contributed by atoms with E-state index in [2.05, 4.69) is 0 Å². The third-order valence-electron chi connectivity index (χ3n) is 5.53. The number of nitrogens with zero attached hydrogens (tertiary/aromatic N) is 2. The molecule has 1 amide bonds. The maximum absolute atomic E-state index is 13.4. The molecule has 0 unspecified atom stereocenters. The molecule has 0 N–H and O–H groups in total. The Morgan fingerprint density at radius 1 is 1.00 bits per heavy atom. The van der Waals surface area contributed by atoms with Gasteiger partial charge in [-0.15, -0.1) is 0 Å². The van der Waals surface area contributed by atoms with E-state index < -0.39 is 9.84 Å². The van der Waals surface area contributed by atoms with E-state index in [1.807, 2.05) is 49.4 Å². The van der Waals surface area contributed by atoms with Gasteiger partial charge in [0.25, 0.3) is 0 Å². The molecule has 4 aromatic rings. The number of hydrogen-bond acceptors (Lipinski definition) is 6. The van der Waals surface area contributed by atoms with Gasteiger partial charge in [-0.1, -0.05) is 65.9 Å². The van der Waals surface area contributed by atoms with E-state index in [0.29, 0.717) is 17.4 Å². The van der Waals surface area contributed by atoms with Crippen LogP contribution in [-0.2, 0) is 21.2 Å². The van der Waals surface area contributed by atoms with E-state index in [9.17, 15) is 13.2 Å². The zero-order valence-corrected chi connectivity index (χ0v) is 20.7. The lowest BCUT2D eigenvalue weighted by molar-refractivity contribution is -0.118. The maximum Gasteiger partial charge on any atom is 0.229 e. The van der Waals surface area contributed by atoms with Crippen molar-refractivity contribution in [1.29, 1.82) is 0 Å². The second-order valence-electron chi connectivity index (χ2n) is 7.96. The Bertz CT molecular complexity index is 1380. The second-order valence-corrected chi connectivity index (χ2v) is 11.0. The first-order valence-corrected chi connectivity index (χ1v) is 13.4. The van der Waals surface area contributed by atoms with Gasteiger partial charge in [0.05, 0.1) is 29.0 Å². The van der Waals surface area contributed by atoms with Crippen LogP contribution in [0.4, 0.5) is 5.13 Å². The second kappa shape index (κ2) is 10.4. The van der Waals surface area contributed by atoms with Gasteiger partial charge >= 0.3 is 0 Å². The van der Waals surface area contributed by atoms with Crippen LogP contribution in [0, 0.1) is 6.92 Å². The summed E-state index contributed by atoms with van der Waals surface area (Å²) in [7, 11) is -1.84. The topological polar surface area (TPSA) is 76.6 Å². The number of aromatic nitrogens is 1. The van der Waals surface area contributed by atoms with Gasteiger partial charge in [0.15, 0.2) is 15.0 Å². The lowest BCUT2D eigenvalue weighted by Crippen LogP contribution is -2.30. The Morgan fingerprint density at radius 3 is 2.35 bits per heavy atom. The lowest BCUT2D eigenvalue weighted by Gasteiger charge is -2.20. The molecule has 176 valence electrons. The largest absolute Gasteiger partial charge is 0.494 e. The molecular formula is C26H26N2O4S2. The Labute approximate surface area is 203 Å². The van der Waals surface area contributed by atoms with Crippen LogP contribution < -0.4 is 9.64 Å². The molecule has 0 saturated carbocycles. The van der Waals surface area contributed by atoms with E-state index in [1.54, 1.807) is 42.3 Å². The van der Waals surface area contributed by atoms with Gasteiger partial charge in [-0.3, -0.25) is 9.69 Å². The van der Waals surface area contributed by atoms with E-state index >= 15 is 0 Å². The fraction of sp³-hybridized carbons (Fsp3) is 0.231. The average Bonchev–Trinajstić information content (AvgIpc) is 3.30. The maximum atomic E-state index is 13.4. The average molecular weight is 495 g/mol. The number of ether oxygens (including phenoxy) is 1. The summed E-state index contributed by atoms with van der Waals surface area (Å²) < 4.78 is 31.7. The molecule has 0 aliphatic heterocycles. The summed E-state index contributed by atoms with van der Waals surface area (Å²) >= 11 is 1.44. The molecule has 0 radical (unpaired) electrons. The standard InChI is InChI=1S/C26H26N2O4S2/c1-19-15-16-22(32-2)24-25(19)33-26(27-24)28(18-20-10-5-3-6-11-20)23(29)14-9-17-34(30,31)21-12-7-4-8-13-21/h3-8,10-13,15-16H,9,14,17-18H2,1-2H3. The molecule has 6 nitrogen and oxygen atoms in total. The third-order valence-corrected chi connectivity index (χ3v) is 8.56. The highest BCUT2D eigenvalue weighted by Crippen LogP contribution is 2.37. The first-order valence-electron chi connectivity index (χ1n) is 11.0. The molecule has 0 bridgehead atoms. The summed E-state index contributed by atoms with van der Waals surface area (Å²) in [4.78, 5) is 20.0. The smallest absolute Gasteiger partial charge is 0.229 e. The van der Waals surface area contributed by atoms with Crippen LogP contribution in [0.25, 0.3) is 10.2 Å². The van der Waals surface area contributed by atoms with Crippen LogP contribution in [0.1, 0.15) is 24.0 Å². The molecule has 0 aliphatic rings. The van der Waals surface area contributed by atoms with Crippen molar-refractivity contribution in [2.24, 2.45) is 0 Å². The Balaban J connectivity index is 1.58. The molecule has 1 heterocycles. The predicted octanol–water partition coefficient (Wildman–Crippen LogP) is 5.40. The van der Waals surface area contributed by atoms with E-state index in [4.69, 9.17) is 9.72 Å². The first kappa shape index (κ1) is 23.9. The number of sulfone groups is 1. The van der Waals surface area contributed by atoms with Gasteiger partial charge in [-0.2, -0.15) is 0 Å². The molecular weight excluding hydrogens is 468 g/mol. The van der Waals surface area contributed by atoms with Gasteiger partial charge in [-0.25, -0.2) is 13.4 Å². The minimum absolute atomic E-state index is 0.0886. The molecule has 0 aliphatic carbocycles. The molecule has 4 rings (SSSR count). The highest BCUT2D eigenvalue weighted by Gasteiger charge is 2.23. The van der Waals surface area contributed by atoms with Crippen LogP contribution in [0.15, 0.2) is 77.7 Å². The van der Waals surface area contributed by atoms with Gasteiger partial charge < -0.3 is 4.74 Å². The number of fused-ring (bicyclic) bond motifs is 1. The number of thiazole rings is 1. The van der Waals surface area contributed by atoms with Crippen molar-refractivity contribution >= 4 is 42.4 Å². The molecule has 0 atom stereocenters. The summed E-state index contributed by atoms with van der Waals surface area (Å²) in [5.74, 6) is 0.404. The van der Waals surface area contributed by atoms with E-state index in [-0.39, 0.29) is 29.4 Å². The van der Waals surface area contributed by atoms with Crippen LogP contribution in [-0.4, -0.2) is 32.2 Å². The fourth-order valence-electron chi connectivity index (χ4n) is 3.70. The quantitative estimate of drug-likeness (QED) is 0.311. The fourth-order valence-corrected chi connectivity index (χ4v) is 6.10. The van der Waals surface area contributed by atoms with Crippen LogP contribution in [0.2, 0.25) is 0 Å². The van der Waals surface area contributed by atoms with Crippen LogP contribution >= 0.6 is 11.3 Å². The van der Waals surface area contributed by atoms with Crippen LogP contribution in [0.3, 0.4) is 0 Å². The number of benzene rings is 3. The summed E-state index contributed by atoms with van der Waals surface area (Å²) in [5.41, 5.74) is 2.75. The number of hydrogen-bond donors (Lipinski definition) is 0. The summed E-state index contributed by atoms with van der Waals surface area (Å²) in [6.07, 6.45) is 0.333. The third kappa shape index (κ3) is 5.29. The number of carbonyl (C=O) groups excluding carboxylic acids is 1. The van der Waals surface area contributed by atoms with Gasteiger partial charge in [0.1, 0.15) is 11.3 Å². The van der Waals surface area contributed by atoms with Crippen molar-refractivity contribution < 1.29 is 17.9 Å². The number of amides is 1. The van der Waals surface area contributed by atoms with Gasteiger partial charge in [-0.05, 0) is 42.7 Å². The molecule has 1 aromatic heterocycles. The highest BCUT2D eigenvalue weighted by molar-refractivity contribution is 7.91. The number of methoxy groups -OCH3 is 1. The predicted molar refractivity (Wildman–Crippen MR) is 136 cm³/mol. The number of aryl methyl sites for hydroxylation is 1. The van der Waals surface area contributed by atoms with Crippen LogP contribution in [0.5, 0.6) is 5.75 Å². The Morgan fingerprint density at radius 2 is 1.68 bits per heavy atom. The van der Waals surface area contributed by atoms with Gasteiger partial charge in [0, 0.05) is 6.42 Å². The van der Waals surface area contributed by atoms with E-state index in [1.165, 1.54) is 11.3 Å². The Kier molecular flexibility index (Phi) is 7.29. The monoisotopic (exact) mass is 494 g/mol. The zero-order chi connectivity index (χ0) is 24.1. The number of carbonyl (C=O) groups is 1. The van der Waals surface area contributed by atoms with Crippen molar-refractivity contribution in [3.8, 4) is 5.75 Å². The summed E-state index contributed by atoms with van der Waals surface area (Å²) in [6, 6.07) is 21.9. The van der Waals surface area contributed by atoms with Gasteiger partial charge in [0.2, 0.25) is 5.91 Å². The SMILES string of the molecule is COc1ccc(C)c2sc(N(Cc3ccccc3)C(=O)CCCS(=O)(=O)c3ccccc3)nc12. The normalized spacial score (nSPS) is 11.5. The number of rotatable bonds is 9. The minimum atomic E-state index is -3.44. The van der Waals surface area contributed by atoms with E-state index in [0.717, 1.165) is 21.3 Å². The van der Waals surface area contributed by atoms with Crippen molar-refractivity contribution in [3.05, 3.63) is 83.9 Å². The molecule has 34 heavy (non-hydrogen) atoms. The summed E-state index contributed by atoms with van der Waals surface area (Å²) in [5, 5.41) is 0.572. The molecule has 3 aromatic carbocycles. The molecule has 8 heteroatoms. The highest BCUT2D eigenvalue weighted by atomic mass is 32.2. The number of anilines is 1. The van der Waals surface area contributed by atoms with Crippen molar-refractivity contribution in [1.82, 2.24) is 4.98 Å². The first-order chi connectivity index (χ1) is 16.4. The lowest BCUT2D eigenvalue weighted by atomic mass is 10.2. The Hall–Kier alpha value is -3.23. The zero-order valence-electron chi connectivity index (χ0n) is 19.1. The van der Waals surface area contributed by atoms with Crippen molar-refractivity contribution in [2.75, 3.05) is 17.8 Å². The van der Waals surface area contributed by atoms with Crippen molar-refractivity contribution in [3.63, 3.8) is 0 Å². The molecule has 0 fully saturated rings. The molecule has 0 saturated heterocycles. The van der Waals surface area contributed by atoms with Crippen molar-refractivity contribution in [2.45, 2.75) is 31.2 Å². The molecule has 0 spiro atoms. The minimum Gasteiger partial charge on any atom is -0.494 e.